The lowest BCUT2D eigenvalue weighted by Crippen LogP contribution is -2.14. The summed E-state index contributed by atoms with van der Waals surface area (Å²) in [5.74, 6) is 0.276. The van der Waals surface area contributed by atoms with Gasteiger partial charge in [-0.25, -0.2) is 13.4 Å². The number of rotatable bonds is 5. The number of hydrogen-bond acceptors (Lipinski definition) is 4. The molecule has 5 nitrogen and oxygen atoms in total. The van der Waals surface area contributed by atoms with Crippen molar-refractivity contribution in [3.8, 4) is 0 Å². The highest BCUT2D eigenvalue weighted by Crippen LogP contribution is 2.20. The number of nitrogens with zero attached hydrogens (tertiary/aromatic N) is 1. The first-order valence-corrected chi connectivity index (χ1v) is 9.72. The highest BCUT2D eigenvalue weighted by atomic mass is 32.2. The second kappa shape index (κ2) is 7.17. The lowest BCUT2D eigenvalue weighted by atomic mass is 10.1. The second-order valence-electron chi connectivity index (χ2n) is 6.27. The summed E-state index contributed by atoms with van der Waals surface area (Å²) in [7, 11) is -3.66. The highest BCUT2D eigenvalue weighted by molar-refractivity contribution is 7.92. The Morgan fingerprint density at radius 2 is 1.50 bits per heavy atom. The monoisotopic (exact) mass is 367 g/mol. The molecule has 3 aromatic rings. The first-order chi connectivity index (χ1) is 12.3. The van der Waals surface area contributed by atoms with E-state index in [9.17, 15) is 8.42 Å². The zero-order valence-electron chi connectivity index (χ0n) is 14.9. The summed E-state index contributed by atoms with van der Waals surface area (Å²) in [5, 5.41) is 3.23. The molecule has 0 aliphatic carbocycles. The summed E-state index contributed by atoms with van der Waals surface area (Å²) in [6, 6.07) is 16.5. The van der Waals surface area contributed by atoms with Gasteiger partial charge in [-0.2, -0.15) is 0 Å². The Kier molecular flexibility index (Phi) is 4.95. The van der Waals surface area contributed by atoms with Crippen LogP contribution in [0.25, 0.3) is 0 Å². The minimum atomic E-state index is -3.66. The zero-order valence-corrected chi connectivity index (χ0v) is 15.8. The van der Waals surface area contributed by atoms with E-state index in [0.29, 0.717) is 0 Å². The van der Waals surface area contributed by atoms with E-state index in [1.807, 2.05) is 45.0 Å². The molecule has 1 aromatic heterocycles. The van der Waals surface area contributed by atoms with Gasteiger partial charge in [-0.1, -0.05) is 23.8 Å². The average Bonchev–Trinajstić information content (AvgIpc) is 2.61. The molecule has 0 spiro atoms. The molecule has 0 aliphatic heterocycles. The van der Waals surface area contributed by atoms with E-state index in [1.54, 1.807) is 36.5 Å². The van der Waals surface area contributed by atoms with Crippen LogP contribution in [0.15, 0.2) is 65.7 Å². The van der Waals surface area contributed by atoms with Gasteiger partial charge in [0.25, 0.3) is 10.0 Å². The largest absolute Gasteiger partial charge is 0.354 e. The number of nitrogens with one attached hydrogen (secondary N) is 2. The third-order valence-electron chi connectivity index (χ3n) is 4.13. The molecule has 1 heterocycles. The van der Waals surface area contributed by atoms with Crippen molar-refractivity contribution in [2.24, 2.45) is 0 Å². The first-order valence-electron chi connectivity index (χ1n) is 8.23. The van der Waals surface area contributed by atoms with Gasteiger partial charge in [0.15, 0.2) is 0 Å². The number of pyridine rings is 1. The quantitative estimate of drug-likeness (QED) is 0.694. The van der Waals surface area contributed by atoms with Gasteiger partial charge in [0.05, 0.1) is 16.8 Å². The summed E-state index contributed by atoms with van der Waals surface area (Å²) in [4.78, 5) is 4.42. The standard InChI is InChI=1S/C20H21N3O2S/c1-14-4-7-17(8-5-14)22-18-9-11-20(21-13-18)23-26(24,25)19-10-6-15(2)16(3)12-19/h4-13,22H,1-3H3,(H,21,23). The van der Waals surface area contributed by atoms with Crippen LogP contribution >= 0.6 is 0 Å². The van der Waals surface area contributed by atoms with E-state index >= 15 is 0 Å². The van der Waals surface area contributed by atoms with E-state index in [0.717, 1.165) is 22.5 Å². The molecule has 3 rings (SSSR count). The van der Waals surface area contributed by atoms with Crippen molar-refractivity contribution in [2.75, 3.05) is 10.0 Å². The highest BCUT2D eigenvalue weighted by Gasteiger charge is 2.15. The fraction of sp³-hybridized carbons (Fsp3) is 0.150. The molecule has 0 aliphatic rings. The third kappa shape index (κ3) is 4.21. The van der Waals surface area contributed by atoms with E-state index in [4.69, 9.17) is 0 Å². The second-order valence-corrected chi connectivity index (χ2v) is 7.96. The van der Waals surface area contributed by atoms with E-state index in [-0.39, 0.29) is 10.7 Å². The average molecular weight is 367 g/mol. The lowest BCUT2D eigenvalue weighted by Gasteiger charge is -2.10. The maximum absolute atomic E-state index is 12.5. The van der Waals surface area contributed by atoms with E-state index < -0.39 is 10.0 Å². The van der Waals surface area contributed by atoms with E-state index in [2.05, 4.69) is 15.0 Å². The van der Waals surface area contributed by atoms with Crippen molar-refractivity contribution >= 4 is 27.2 Å². The lowest BCUT2D eigenvalue weighted by molar-refractivity contribution is 0.601. The number of hydrogen-bond donors (Lipinski definition) is 2. The van der Waals surface area contributed by atoms with Gasteiger partial charge in [0.2, 0.25) is 0 Å². The Morgan fingerprint density at radius 1 is 0.808 bits per heavy atom. The van der Waals surface area contributed by atoms with Gasteiger partial charge in [-0.05, 0) is 68.3 Å². The van der Waals surface area contributed by atoms with Gasteiger partial charge in [0.1, 0.15) is 5.82 Å². The van der Waals surface area contributed by atoms with Gasteiger partial charge >= 0.3 is 0 Å². The van der Waals surface area contributed by atoms with Crippen molar-refractivity contribution in [3.05, 3.63) is 77.5 Å². The number of sulfonamides is 1. The maximum Gasteiger partial charge on any atom is 0.263 e. The number of aryl methyl sites for hydroxylation is 3. The van der Waals surface area contributed by atoms with Crippen molar-refractivity contribution in [3.63, 3.8) is 0 Å². The van der Waals surface area contributed by atoms with Crippen LogP contribution in [0, 0.1) is 20.8 Å². The molecular weight excluding hydrogens is 346 g/mol. The Morgan fingerprint density at radius 3 is 2.12 bits per heavy atom. The van der Waals surface area contributed by atoms with Gasteiger partial charge in [-0.3, -0.25) is 4.72 Å². The molecule has 0 amide bonds. The molecule has 0 atom stereocenters. The Bertz CT molecular complexity index is 1010. The third-order valence-corrected chi connectivity index (χ3v) is 5.48. The summed E-state index contributed by atoms with van der Waals surface area (Å²) in [5.41, 5.74) is 4.89. The fourth-order valence-electron chi connectivity index (χ4n) is 2.41. The topological polar surface area (TPSA) is 71.1 Å². The van der Waals surface area contributed by atoms with Crippen LogP contribution in [0.3, 0.4) is 0 Å². The molecule has 0 bridgehead atoms. The Balaban J connectivity index is 1.73. The summed E-state index contributed by atoms with van der Waals surface area (Å²) >= 11 is 0. The fourth-order valence-corrected chi connectivity index (χ4v) is 3.50. The first kappa shape index (κ1) is 17.9. The number of benzene rings is 2. The number of aromatic nitrogens is 1. The van der Waals surface area contributed by atoms with Crippen molar-refractivity contribution in [1.82, 2.24) is 4.98 Å². The molecule has 134 valence electrons. The SMILES string of the molecule is Cc1ccc(Nc2ccc(NS(=O)(=O)c3ccc(C)c(C)c3)nc2)cc1. The molecule has 2 N–H and O–H groups in total. The Labute approximate surface area is 154 Å². The van der Waals surface area contributed by atoms with Gasteiger partial charge in [-0.15, -0.1) is 0 Å². The van der Waals surface area contributed by atoms with E-state index in [1.165, 1.54) is 5.56 Å². The minimum Gasteiger partial charge on any atom is -0.354 e. The van der Waals surface area contributed by atoms with Crippen LogP contribution in [0.5, 0.6) is 0 Å². The maximum atomic E-state index is 12.5. The van der Waals surface area contributed by atoms with Crippen LogP contribution in [0.1, 0.15) is 16.7 Å². The molecule has 0 saturated carbocycles. The summed E-state index contributed by atoms with van der Waals surface area (Å²) in [6.07, 6.45) is 1.60. The molecule has 0 unspecified atom stereocenters. The van der Waals surface area contributed by atoms with Crippen LogP contribution in [0.2, 0.25) is 0 Å². The minimum absolute atomic E-state index is 0.226. The zero-order chi connectivity index (χ0) is 18.7. The van der Waals surface area contributed by atoms with Crippen LogP contribution in [-0.4, -0.2) is 13.4 Å². The van der Waals surface area contributed by atoms with Crippen LogP contribution in [0.4, 0.5) is 17.2 Å². The predicted molar refractivity (Wildman–Crippen MR) is 105 cm³/mol. The molecule has 6 heteroatoms. The van der Waals surface area contributed by atoms with Crippen molar-refractivity contribution in [2.45, 2.75) is 25.7 Å². The number of anilines is 3. The molecule has 2 aromatic carbocycles. The van der Waals surface area contributed by atoms with Crippen LogP contribution in [-0.2, 0) is 10.0 Å². The van der Waals surface area contributed by atoms with Gasteiger partial charge < -0.3 is 5.32 Å². The predicted octanol–water partition coefficient (Wildman–Crippen LogP) is 4.55. The van der Waals surface area contributed by atoms with Crippen molar-refractivity contribution in [1.29, 1.82) is 0 Å². The summed E-state index contributed by atoms with van der Waals surface area (Å²) in [6.45, 7) is 5.86. The molecule has 0 radical (unpaired) electrons. The molecule has 0 fully saturated rings. The van der Waals surface area contributed by atoms with Crippen LogP contribution < -0.4 is 10.0 Å². The summed E-state index contributed by atoms with van der Waals surface area (Å²) < 4.78 is 27.5. The van der Waals surface area contributed by atoms with Gasteiger partial charge in [0, 0.05) is 5.69 Å². The van der Waals surface area contributed by atoms with Crippen molar-refractivity contribution < 1.29 is 8.42 Å². The molecule has 0 saturated heterocycles. The molecule has 26 heavy (non-hydrogen) atoms. The smallest absolute Gasteiger partial charge is 0.263 e. The normalized spacial score (nSPS) is 11.2. The molecular formula is C20H21N3O2S. The Hall–Kier alpha value is -2.86.